The highest BCUT2D eigenvalue weighted by Crippen LogP contribution is 2.33. The summed E-state index contributed by atoms with van der Waals surface area (Å²) in [4.78, 5) is 27.7. The molecule has 1 atom stereocenters. The van der Waals surface area contributed by atoms with Gasteiger partial charge in [0.2, 0.25) is 18.6 Å². The van der Waals surface area contributed by atoms with Crippen molar-refractivity contribution in [2.45, 2.75) is 52.1 Å². The summed E-state index contributed by atoms with van der Waals surface area (Å²) in [7, 11) is 0. The van der Waals surface area contributed by atoms with E-state index < -0.39 is 6.04 Å². The van der Waals surface area contributed by atoms with Gasteiger partial charge >= 0.3 is 0 Å². The van der Waals surface area contributed by atoms with Crippen LogP contribution in [0.15, 0.2) is 42.5 Å². The van der Waals surface area contributed by atoms with E-state index in [1.807, 2.05) is 50.2 Å². The Morgan fingerprint density at radius 2 is 1.90 bits per heavy atom. The van der Waals surface area contributed by atoms with Crippen LogP contribution in [-0.2, 0) is 22.6 Å². The molecule has 3 rings (SSSR count). The van der Waals surface area contributed by atoms with Gasteiger partial charge < -0.3 is 19.7 Å². The first-order valence-electron chi connectivity index (χ1n) is 10.7. The van der Waals surface area contributed by atoms with Crippen LogP contribution in [-0.4, -0.2) is 36.1 Å². The quantitative estimate of drug-likeness (QED) is 0.592. The second-order valence-corrected chi connectivity index (χ2v) is 7.92. The zero-order chi connectivity index (χ0) is 22.2. The van der Waals surface area contributed by atoms with E-state index in [0.717, 1.165) is 17.5 Å². The minimum atomic E-state index is -0.549. The monoisotopic (exact) mass is 444 g/mol. The average Bonchev–Trinajstić information content (AvgIpc) is 3.25. The third kappa shape index (κ3) is 5.91. The maximum absolute atomic E-state index is 13.3. The van der Waals surface area contributed by atoms with Crippen molar-refractivity contribution in [1.82, 2.24) is 10.2 Å². The summed E-state index contributed by atoms with van der Waals surface area (Å²) in [6.07, 6.45) is 2.18. The Morgan fingerprint density at radius 3 is 2.65 bits per heavy atom. The number of fused-ring (bicyclic) bond motifs is 1. The van der Waals surface area contributed by atoms with E-state index in [9.17, 15) is 9.59 Å². The molecule has 0 saturated heterocycles. The second kappa shape index (κ2) is 11.0. The Kier molecular flexibility index (Phi) is 8.18. The molecular formula is C24H29ClN2O4. The standard InChI is InChI=1S/C24H29ClN2O4/c1-3-13-26-24(29)20(4-2)27(15-18-7-5-6-8-19(18)25)23(28)12-10-17-9-11-21-22(14-17)31-16-30-21/h5-9,11,14,20H,3-4,10,12-13,15-16H2,1-2H3,(H,26,29)/t20-/m0/s1. The van der Waals surface area contributed by atoms with Crippen molar-refractivity contribution in [3.05, 3.63) is 58.6 Å². The van der Waals surface area contributed by atoms with Gasteiger partial charge in [-0.2, -0.15) is 0 Å². The predicted molar refractivity (Wildman–Crippen MR) is 120 cm³/mol. The number of rotatable bonds is 10. The molecule has 6 nitrogen and oxygen atoms in total. The van der Waals surface area contributed by atoms with Crippen LogP contribution in [0.2, 0.25) is 5.02 Å². The Hall–Kier alpha value is -2.73. The second-order valence-electron chi connectivity index (χ2n) is 7.52. The number of ether oxygens (including phenoxy) is 2. The molecule has 0 aromatic heterocycles. The molecule has 1 aliphatic heterocycles. The highest BCUT2D eigenvalue weighted by molar-refractivity contribution is 6.31. The Labute approximate surface area is 188 Å². The molecule has 7 heteroatoms. The van der Waals surface area contributed by atoms with Gasteiger partial charge in [0, 0.05) is 24.5 Å². The molecule has 0 spiro atoms. The van der Waals surface area contributed by atoms with Crippen LogP contribution in [0.4, 0.5) is 0 Å². The Balaban J connectivity index is 1.76. The van der Waals surface area contributed by atoms with Gasteiger partial charge in [-0.3, -0.25) is 9.59 Å². The summed E-state index contributed by atoms with van der Waals surface area (Å²) in [6.45, 7) is 5.01. The average molecular weight is 445 g/mol. The van der Waals surface area contributed by atoms with Gasteiger partial charge in [0.1, 0.15) is 6.04 Å². The highest BCUT2D eigenvalue weighted by atomic mass is 35.5. The van der Waals surface area contributed by atoms with Crippen LogP contribution >= 0.6 is 11.6 Å². The molecule has 166 valence electrons. The van der Waals surface area contributed by atoms with E-state index in [1.54, 1.807) is 11.0 Å². The number of halogens is 1. The van der Waals surface area contributed by atoms with E-state index >= 15 is 0 Å². The van der Waals surface area contributed by atoms with E-state index in [-0.39, 0.29) is 31.6 Å². The van der Waals surface area contributed by atoms with Crippen molar-refractivity contribution in [2.24, 2.45) is 0 Å². The number of carbonyl (C=O) groups excluding carboxylic acids is 2. The molecule has 0 fully saturated rings. The molecule has 2 amide bonds. The molecule has 1 N–H and O–H groups in total. The van der Waals surface area contributed by atoms with Crippen molar-refractivity contribution in [1.29, 1.82) is 0 Å². The largest absolute Gasteiger partial charge is 0.454 e. The summed E-state index contributed by atoms with van der Waals surface area (Å²) >= 11 is 6.35. The van der Waals surface area contributed by atoms with Gasteiger partial charge in [0.25, 0.3) is 0 Å². The number of carbonyl (C=O) groups is 2. The zero-order valence-electron chi connectivity index (χ0n) is 18.0. The molecule has 2 aromatic rings. The summed E-state index contributed by atoms with van der Waals surface area (Å²) < 4.78 is 10.8. The number of amides is 2. The van der Waals surface area contributed by atoms with E-state index in [4.69, 9.17) is 21.1 Å². The lowest BCUT2D eigenvalue weighted by atomic mass is 10.1. The molecule has 0 bridgehead atoms. The zero-order valence-corrected chi connectivity index (χ0v) is 18.8. The van der Waals surface area contributed by atoms with E-state index in [1.165, 1.54) is 0 Å². The molecule has 0 saturated carbocycles. The van der Waals surface area contributed by atoms with Gasteiger partial charge in [-0.05, 0) is 48.6 Å². The normalized spacial score (nSPS) is 13.0. The molecule has 1 aliphatic rings. The van der Waals surface area contributed by atoms with Crippen LogP contribution in [0.3, 0.4) is 0 Å². The number of benzene rings is 2. The summed E-state index contributed by atoms with van der Waals surface area (Å²) in [5.41, 5.74) is 1.81. The first-order valence-corrected chi connectivity index (χ1v) is 11.1. The van der Waals surface area contributed by atoms with Crippen molar-refractivity contribution in [3.63, 3.8) is 0 Å². The Bertz CT molecular complexity index is 918. The van der Waals surface area contributed by atoms with E-state index in [2.05, 4.69) is 5.32 Å². The third-order valence-electron chi connectivity index (χ3n) is 5.30. The molecule has 1 heterocycles. The van der Waals surface area contributed by atoms with Gasteiger partial charge in [-0.1, -0.05) is 49.7 Å². The number of nitrogens with one attached hydrogen (secondary N) is 1. The molecule has 0 radical (unpaired) electrons. The van der Waals surface area contributed by atoms with Crippen molar-refractivity contribution in [3.8, 4) is 11.5 Å². The number of nitrogens with zero attached hydrogens (tertiary/aromatic N) is 1. The fourth-order valence-electron chi connectivity index (χ4n) is 3.59. The number of hydrogen-bond acceptors (Lipinski definition) is 4. The molecule has 31 heavy (non-hydrogen) atoms. The SMILES string of the molecule is CCCNC(=O)[C@H](CC)N(Cc1ccccc1Cl)C(=O)CCc1ccc2c(c1)OCO2. The molecule has 0 unspecified atom stereocenters. The number of aryl methyl sites for hydroxylation is 1. The smallest absolute Gasteiger partial charge is 0.242 e. The van der Waals surface area contributed by atoms with Crippen LogP contribution in [0, 0.1) is 0 Å². The lowest BCUT2D eigenvalue weighted by molar-refractivity contribution is -0.141. The molecule has 0 aliphatic carbocycles. The minimum absolute atomic E-state index is 0.0870. The topological polar surface area (TPSA) is 67.9 Å². The van der Waals surface area contributed by atoms with Crippen LogP contribution in [0.5, 0.6) is 11.5 Å². The van der Waals surface area contributed by atoms with Crippen molar-refractivity contribution < 1.29 is 19.1 Å². The van der Waals surface area contributed by atoms with Crippen LogP contribution in [0.1, 0.15) is 44.2 Å². The van der Waals surface area contributed by atoms with E-state index in [0.29, 0.717) is 35.9 Å². The van der Waals surface area contributed by atoms with Crippen LogP contribution < -0.4 is 14.8 Å². The fraction of sp³-hybridized carbons (Fsp3) is 0.417. The maximum Gasteiger partial charge on any atom is 0.242 e. The lowest BCUT2D eigenvalue weighted by Crippen LogP contribution is -2.49. The van der Waals surface area contributed by atoms with Crippen molar-refractivity contribution in [2.75, 3.05) is 13.3 Å². The van der Waals surface area contributed by atoms with Gasteiger partial charge in [-0.15, -0.1) is 0 Å². The summed E-state index contributed by atoms with van der Waals surface area (Å²) in [6, 6.07) is 12.6. The first kappa shape index (κ1) is 22.9. The maximum atomic E-state index is 13.3. The van der Waals surface area contributed by atoms with Crippen molar-refractivity contribution >= 4 is 23.4 Å². The summed E-state index contributed by atoms with van der Waals surface area (Å²) in [5, 5.41) is 3.51. The minimum Gasteiger partial charge on any atom is -0.454 e. The highest BCUT2D eigenvalue weighted by Gasteiger charge is 2.28. The van der Waals surface area contributed by atoms with Crippen LogP contribution in [0.25, 0.3) is 0 Å². The third-order valence-corrected chi connectivity index (χ3v) is 5.67. The lowest BCUT2D eigenvalue weighted by Gasteiger charge is -2.31. The Morgan fingerprint density at radius 1 is 1.13 bits per heavy atom. The number of hydrogen-bond donors (Lipinski definition) is 1. The first-order chi connectivity index (χ1) is 15.0. The fourth-order valence-corrected chi connectivity index (χ4v) is 3.78. The molecular weight excluding hydrogens is 416 g/mol. The van der Waals surface area contributed by atoms with Gasteiger partial charge in [-0.25, -0.2) is 0 Å². The van der Waals surface area contributed by atoms with Gasteiger partial charge in [0.05, 0.1) is 0 Å². The predicted octanol–water partition coefficient (Wildman–Crippen LogP) is 4.33. The molecule has 2 aromatic carbocycles. The summed E-state index contributed by atoms with van der Waals surface area (Å²) in [5.74, 6) is 1.20. The van der Waals surface area contributed by atoms with Gasteiger partial charge in [0.15, 0.2) is 11.5 Å².